The highest BCUT2D eigenvalue weighted by molar-refractivity contribution is 8.01. The number of aliphatic hydroxyl groups excluding tert-OH is 1. The van der Waals surface area contributed by atoms with E-state index in [1.54, 1.807) is 11.3 Å². The van der Waals surface area contributed by atoms with Crippen LogP contribution in [0.5, 0.6) is 0 Å². The Labute approximate surface area is 226 Å². The summed E-state index contributed by atoms with van der Waals surface area (Å²) in [6, 6.07) is 10.1. The Kier molecular flexibility index (Phi) is 6.30. The molecule has 7 atom stereocenters. The maximum Gasteiger partial charge on any atom is 0.175 e. The third-order valence-corrected chi connectivity index (χ3v) is 12.6. The molecule has 2 aromatic rings. The number of carbonyl (C=O) groups is 2. The van der Waals surface area contributed by atoms with Crippen molar-refractivity contribution in [2.45, 2.75) is 74.8 Å². The monoisotopic (exact) mass is 537 g/mol. The van der Waals surface area contributed by atoms with Crippen LogP contribution >= 0.6 is 23.1 Å². The number of aliphatic hydroxyl groups is 2. The van der Waals surface area contributed by atoms with Crippen molar-refractivity contribution in [1.29, 1.82) is 0 Å². The number of nitrogens with zero attached hydrogens (tertiary/aromatic N) is 1. The van der Waals surface area contributed by atoms with E-state index in [0.29, 0.717) is 19.3 Å². The van der Waals surface area contributed by atoms with Crippen LogP contribution in [-0.2, 0) is 9.59 Å². The lowest BCUT2D eigenvalue weighted by Crippen LogP contribution is -2.61. The molecule has 1 aromatic carbocycles. The summed E-state index contributed by atoms with van der Waals surface area (Å²) >= 11 is 2.97. The van der Waals surface area contributed by atoms with E-state index < -0.39 is 17.1 Å². The van der Waals surface area contributed by atoms with Crippen molar-refractivity contribution in [1.82, 2.24) is 4.98 Å². The Hall–Kier alpha value is -1.80. The first-order chi connectivity index (χ1) is 17.7. The largest absolute Gasteiger partial charge is 0.393 e. The van der Waals surface area contributed by atoms with Gasteiger partial charge in [0.1, 0.15) is 5.60 Å². The highest BCUT2D eigenvalue weighted by atomic mass is 32.2. The third kappa shape index (κ3) is 3.91. The minimum atomic E-state index is -1.43. The highest BCUT2D eigenvalue weighted by Gasteiger charge is 2.68. The van der Waals surface area contributed by atoms with Crippen molar-refractivity contribution in [2.75, 3.05) is 5.75 Å². The van der Waals surface area contributed by atoms with Crippen LogP contribution in [0.2, 0.25) is 0 Å². The van der Waals surface area contributed by atoms with Gasteiger partial charge in [-0.05, 0) is 73.3 Å². The molecule has 6 rings (SSSR count). The molecule has 3 fully saturated rings. The molecule has 0 saturated heterocycles. The third-order valence-electron chi connectivity index (χ3n) is 10.4. The molecule has 4 aliphatic rings. The predicted octanol–water partition coefficient (Wildman–Crippen LogP) is 5.71. The molecular weight excluding hydrogens is 502 g/mol. The minimum absolute atomic E-state index is 0.0808. The van der Waals surface area contributed by atoms with E-state index in [2.05, 4.69) is 11.9 Å². The van der Waals surface area contributed by atoms with Gasteiger partial charge in [0.05, 0.1) is 16.7 Å². The number of hydrogen-bond donors (Lipinski definition) is 2. The van der Waals surface area contributed by atoms with Crippen LogP contribution in [-0.4, -0.2) is 44.2 Å². The van der Waals surface area contributed by atoms with Crippen LogP contribution < -0.4 is 0 Å². The van der Waals surface area contributed by atoms with Crippen molar-refractivity contribution in [3.05, 3.63) is 48.2 Å². The molecule has 0 radical (unpaired) electrons. The number of thiazole rings is 1. The fourth-order valence-corrected chi connectivity index (χ4v) is 10.4. The summed E-state index contributed by atoms with van der Waals surface area (Å²) in [6.07, 6.45) is 7.90. The Bertz CT molecular complexity index is 1260. The van der Waals surface area contributed by atoms with Gasteiger partial charge in [0.15, 0.2) is 15.9 Å². The number of hydrogen-bond acceptors (Lipinski definition) is 7. The SMILES string of the molecule is CC12CCC(=O)C=C1CCC1C2C(O)CC2(C)C1CC[C@]2(O)C(=O)CSc1ncc(-c2ccccc2)s1. The Morgan fingerprint density at radius 3 is 2.73 bits per heavy atom. The van der Waals surface area contributed by atoms with Gasteiger partial charge < -0.3 is 10.2 Å². The number of fused-ring (bicyclic) bond motifs is 5. The van der Waals surface area contributed by atoms with E-state index in [1.165, 1.54) is 17.3 Å². The quantitative estimate of drug-likeness (QED) is 0.476. The van der Waals surface area contributed by atoms with Crippen molar-refractivity contribution in [3.8, 4) is 10.4 Å². The second-order valence-electron chi connectivity index (χ2n) is 12.0. The fourth-order valence-electron chi connectivity index (χ4n) is 8.46. The summed E-state index contributed by atoms with van der Waals surface area (Å²) in [4.78, 5) is 31.3. The number of rotatable bonds is 5. The molecule has 196 valence electrons. The average molecular weight is 538 g/mol. The number of thioether (sulfide) groups is 1. The molecule has 5 nitrogen and oxygen atoms in total. The van der Waals surface area contributed by atoms with Gasteiger partial charge >= 0.3 is 0 Å². The molecule has 37 heavy (non-hydrogen) atoms. The molecule has 1 heterocycles. The molecule has 7 heteroatoms. The lowest BCUT2D eigenvalue weighted by atomic mass is 9.45. The van der Waals surface area contributed by atoms with Gasteiger partial charge in [-0.25, -0.2) is 4.98 Å². The van der Waals surface area contributed by atoms with Crippen LogP contribution in [0.4, 0.5) is 0 Å². The van der Waals surface area contributed by atoms with Gasteiger partial charge in [0.2, 0.25) is 0 Å². The summed E-state index contributed by atoms with van der Waals surface area (Å²) < 4.78 is 0.825. The molecule has 3 saturated carbocycles. The van der Waals surface area contributed by atoms with Crippen LogP contribution in [0.1, 0.15) is 58.8 Å². The fraction of sp³-hybridized carbons (Fsp3) is 0.567. The van der Waals surface area contributed by atoms with Crippen molar-refractivity contribution < 1.29 is 19.8 Å². The van der Waals surface area contributed by atoms with Crippen molar-refractivity contribution >= 4 is 34.7 Å². The van der Waals surface area contributed by atoms with Gasteiger partial charge in [-0.3, -0.25) is 9.59 Å². The first-order valence-electron chi connectivity index (χ1n) is 13.5. The van der Waals surface area contributed by atoms with E-state index in [-0.39, 0.29) is 40.5 Å². The van der Waals surface area contributed by atoms with Gasteiger partial charge in [0.25, 0.3) is 0 Å². The maximum atomic E-state index is 13.6. The topological polar surface area (TPSA) is 87.5 Å². The number of benzene rings is 1. The Balaban J connectivity index is 1.20. The van der Waals surface area contributed by atoms with Crippen LogP contribution in [0.3, 0.4) is 0 Å². The summed E-state index contributed by atoms with van der Waals surface area (Å²) in [5.74, 6) is 0.770. The first kappa shape index (κ1) is 25.5. The van der Waals surface area contributed by atoms with Crippen LogP contribution in [0, 0.1) is 28.6 Å². The zero-order valence-electron chi connectivity index (χ0n) is 21.5. The zero-order chi connectivity index (χ0) is 26.0. The van der Waals surface area contributed by atoms with Crippen molar-refractivity contribution in [2.24, 2.45) is 28.6 Å². The second kappa shape index (κ2) is 9.15. The number of Topliss-reactive ketones (excluding diaryl/α,β-unsaturated/α-hetero) is 1. The zero-order valence-corrected chi connectivity index (χ0v) is 23.1. The van der Waals surface area contributed by atoms with Gasteiger partial charge in [0, 0.05) is 18.0 Å². The molecule has 2 N–H and O–H groups in total. The summed E-state index contributed by atoms with van der Waals surface area (Å²) in [7, 11) is 0. The van der Waals surface area contributed by atoms with Crippen LogP contribution in [0.25, 0.3) is 10.4 Å². The number of allylic oxidation sites excluding steroid dienone is 1. The molecule has 1 aromatic heterocycles. The smallest absolute Gasteiger partial charge is 0.175 e. The normalized spacial score (nSPS) is 38.9. The van der Waals surface area contributed by atoms with Gasteiger partial charge in [-0.2, -0.15) is 0 Å². The molecule has 0 aliphatic heterocycles. The van der Waals surface area contributed by atoms with E-state index in [0.717, 1.165) is 40.5 Å². The molecule has 0 bridgehead atoms. The summed E-state index contributed by atoms with van der Waals surface area (Å²) in [5.41, 5.74) is 0.0578. The molecule has 6 unspecified atom stereocenters. The van der Waals surface area contributed by atoms with Crippen LogP contribution in [0.15, 0.2) is 52.5 Å². The first-order valence-corrected chi connectivity index (χ1v) is 15.3. The minimum Gasteiger partial charge on any atom is -0.393 e. The molecular formula is C30H35NO4S2. The van der Waals surface area contributed by atoms with E-state index in [9.17, 15) is 19.8 Å². The number of carbonyl (C=O) groups excluding carboxylic acids is 2. The maximum absolute atomic E-state index is 13.6. The number of ketones is 2. The average Bonchev–Trinajstić information content (AvgIpc) is 3.46. The van der Waals surface area contributed by atoms with E-state index in [4.69, 9.17) is 0 Å². The second-order valence-corrected chi connectivity index (χ2v) is 14.3. The van der Waals surface area contributed by atoms with Gasteiger partial charge in [-0.1, -0.05) is 61.5 Å². The number of aromatic nitrogens is 1. The van der Waals surface area contributed by atoms with E-state index in [1.807, 2.05) is 49.5 Å². The summed E-state index contributed by atoms with van der Waals surface area (Å²) in [5, 5.41) is 23.5. The molecule has 0 spiro atoms. The summed E-state index contributed by atoms with van der Waals surface area (Å²) in [6.45, 7) is 4.27. The van der Waals surface area contributed by atoms with Gasteiger partial charge in [-0.15, -0.1) is 11.3 Å². The predicted molar refractivity (Wildman–Crippen MR) is 146 cm³/mol. The highest BCUT2D eigenvalue weighted by Crippen LogP contribution is 2.67. The standard InChI is InChI=1S/C30H35NO4S2/c1-28-12-10-20(32)14-19(28)8-9-21-22-11-13-30(35,29(22,2)15-23(33)26(21)28)25(34)17-36-27-31-16-24(37-27)18-6-4-3-5-7-18/h3-7,14,16,21-23,26,33,35H,8-13,15,17H2,1-2H3/t21?,22?,23?,26?,28?,29?,30-/m0/s1. The Morgan fingerprint density at radius 1 is 1.16 bits per heavy atom. The lowest BCUT2D eigenvalue weighted by molar-refractivity contribution is -0.178. The lowest BCUT2D eigenvalue weighted by Gasteiger charge is -2.60. The van der Waals surface area contributed by atoms with E-state index >= 15 is 0 Å². The molecule has 4 aliphatic carbocycles. The van der Waals surface area contributed by atoms with Crippen molar-refractivity contribution in [3.63, 3.8) is 0 Å². The Morgan fingerprint density at radius 2 is 1.95 bits per heavy atom. The molecule has 0 amide bonds.